The summed E-state index contributed by atoms with van der Waals surface area (Å²) in [6.45, 7) is 22.3. The van der Waals surface area contributed by atoms with Crippen LogP contribution in [0.5, 0.6) is 11.5 Å². The molecule has 0 saturated heterocycles. The van der Waals surface area contributed by atoms with Crippen molar-refractivity contribution in [2.75, 3.05) is 27.4 Å². The Morgan fingerprint density at radius 1 is 0.564 bits per heavy atom. The summed E-state index contributed by atoms with van der Waals surface area (Å²) >= 11 is 0. The standard InChI is InChI=1S/C22H24O3.C12H16O2.C11H12O2.CH3O.Na/c1-5-14-25-19-12-8-17(9-13-19)21(24)15-20(23)16-6-10-18(11-7-16)22(2,3)4;1-12(2,3)10-7-5-9(6-8-10)11(13)14-4;1-3-8-13-11-6-4-10(5-7-11)9(2)12;1-2;/h5-13H,1,14-15H2,2-4H3;5-8H,1-4H3;3-7H,1,8H2,2H3;1H3;/q;;;-1;+1. The Bertz CT molecular complexity index is 1780. The largest absolute Gasteiger partial charge is 1.00 e. The van der Waals surface area contributed by atoms with E-state index in [0.29, 0.717) is 41.2 Å². The molecular formula is C46H55NaO8. The Morgan fingerprint density at radius 2 is 0.873 bits per heavy atom. The van der Waals surface area contributed by atoms with Crippen LogP contribution in [0.4, 0.5) is 0 Å². The summed E-state index contributed by atoms with van der Waals surface area (Å²) in [5.74, 6) is 0.837. The van der Waals surface area contributed by atoms with Gasteiger partial charge in [-0.05, 0) is 89.5 Å². The molecule has 0 aliphatic heterocycles. The molecule has 0 aliphatic rings. The van der Waals surface area contributed by atoms with Crippen LogP contribution >= 0.6 is 0 Å². The molecule has 0 aliphatic carbocycles. The summed E-state index contributed by atoms with van der Waals surface area (Å²) in [7, 11) is 2.14. The first-order valence-electron chi connectivity index (χ1n) is 17.4. The van der Waals surface area contributed by atoms with Crippen LogP contribution in [-0.2, 0) is 15.6 Å². The molecule has 0 fully saturated rings. The van der Waals surface area contributed by atoms with E-state index in [0.717, 1.165) is 18.4 Å². The van der Waals surface area contributed by atoms with Gasteiger partial charge in [-0.3, -0.25) is 14.4 Å². The van der Waals surface area contributed by atoms with Crippen molar-refractivity contribution in [3.05, 3.63) is 156 Å². The predicted octanol–water partition coefficient (Wildman–Crippen LogP) is 6.21. The number of ketones is 3. The minimum Gasteiger partial charge on any atom is -0.857 e. The Labute approximate surface area is 349 Å². The molecule has 4 aromatic rings. The Hall–Kier alpha value is -4.60. The molecule has 0 radical (unpaired) electrons. The van der Waals surface area contributed by atoms with E-state index in [1.54, 1.807) is 91.9 Å². The zero-order chi connectivity index (χ0) is 40.9. The van der Waals surface area contributed by atoms with Crippen LogP contribution in [0.1, 0.15) is 107 Å². The molecule has 0 N–H and O–H groups in total. The van der Waals surface area contributed by atoms with Gasteiger partial charge in [0.05, 0.1) is 19.1 Å². The quantitative estimate of drug-likeness (QED) is 0.0551. The van der Waals surface area contributed by atoms with Gasteiger partial charge in [0.1, 0.15) is 24.7 Å². The van der Waals surface area contributed by atoms with Crippen LogP contribution < -0.4 is 44.1 Å². The van der Waals surface area contributed by atoms with Crippen LogP contribution in [0.2, 0.25) is 0 Å². The molecule has 0 heterocycles. The molecular weight excluding hydrogens is 703 g/mol. The Kier molecular flexibility index (Phi) is 23.3. The van der Waals surface area contributed by atoms with Gasteiger partial charge < -0.3 is 19.3 Å². The molecule has 4 rings (SSSR count). The van der Waals surface area contributed by atoms with Crippen LogP contribution in [0, 0.1) is 0 Å². The van der Waals surface area contributed by atoms with Gasteiger partial charge >= 0.3 is 35.5 Å². The third-order valence-corrected chi connectivity index (χ3v) is 7.74. The van der Waals surface area contributed by atoms with Crippen molar-refractivity contribution in [1.29, 1.82) is 0 Å². The number of methoxy groups -OCH3 is 1. The van der Waals surface area contributed by atoms with E-state index in [1.165, 1.54) is 12.7 Å². The van der Waals surface area contributed by atoms with E-state index in [4.69, 9.17) is 14.6 Å². The number of hydrogen-bond donors (Lipinski definition) is 0. The normalized spacial score (nSPS) is 10.1. The van der Waals surface area contributed by atoms with Crippen molar-refractivity contribution in [3.63, 3.8) is 0 Å². The first-order chi connectivity index (χ1) is 25.5. The third-order valence-electron chi connectivity index (χ3n) is 7.74. The molecule has 4 aromatic carbocycles. The van der Waals surface area contributed by atoms with Crippen LogP contribution in [0.25, 0.3) is 0 Å². The van der Waals surface area contributed by atoms with Crippen LogP contribution in [0.15, 0.2) is 122 Å². The second kappa shape index (κ2) is 25.5. The van der Waals surface area contributed by atoms with Crippen molar-refractivity contribution >= 4 is 23.3 Å². The number of rotatable bonds is 12. The topological polar surface area (TPSA) is 119 Å². The number of ether oxygens (including phenoxy) is 3. The maximum atomic E-state index is 12.3. The van der Waals surface area contributed by atoms with Crippen LogP contribution in [0.3, 0.4) is 0 Å². The van der Waals surface area contributed by atoms with Gasteiger partial charge in [0.25, 0.3) is 0 Å². The minimum atomic E-state index is -0.287. The van der Waals surface area contributed by atoms with E-state index in [1.807, 2.05) is 24.3 Å². The van der Waals surface area contributed by atoms with E-state index >= 15 is 0 Å². The predicted molar refractivity (Wildman–Crippen MR) is 215 cm³/mol. The van der Waals surface area contributed by atoms with Gasteiger partial charge in [-0.15, -0.1) is 0 Å². The molecule has 0 saturated carbocycles. The Balaban J connectivity index is 0.000000830. The fourth-order valence-electron chi connectivity index (χ4n) is 4.56. The van der Waals surface area contributed by atoms with E-state index < -0.39 is 0 Å². The van der Waals surface area contributed by atoms with Crippen LogP contribution in [-0.4, -0.2) is 50.8 Å². The molecule has 8 nitrogen and oxygen atoms in total. The smallest absolute Gasteiger partial charge is 0.857 e. The summed E-state index contributed by atoms with van der Waals surface area (Å²) in [6.07, 6.45) is 3.20. The molecule has 0 bridgehead atoms. The van der Waals surface area contributed by atoms with Gasteiger partial charge in [0, 0.05) is 16.7 Å². The average Bonchev–Trinajstić information content (AvgIpc) is 3.17. The molecule has 0 unspecified atom stereocenters. The number of carbonyl (C=O) groups excluding carboxylic acids is 4. The number of carbonyl (C=O) groups is 4. The molecule has 0 amide bonds. The van der Waals surface area contributed by atoms with E-state index in [-0.39, 0.29) is 70.1 Å². The number of Topliss-reactive ketones (excluding diaryl/α,β-unsaturated/α-hetero) is 3. The zero-order valence-electron chi connectivity index (χ0n) is 34.2. The molecule has 0 aromatic heterocycles. The van der Waals surface area contributed by atoms with Gasteiger partial charge in [0.15, 0.2) is 17.3 Å². The second-order valence-corrected chi connectivity index (χ2v) is 14.0. The summed E-state index contributed by atoms with van der Waals surface area (Å²) < 4.78 is 15.3. The summed E-state index contributed by atoms with van der Waals surface area (Å²) in [5.41, 5.74) is 4.89. The van der Waals surface area contributed by atoms with Gasteiger partial charge in [-0.25, -0.2) is 4.79 Å². The zero-order valence-corrected chi connectivity index (χ0v) is 36.2. The Morgan fingerprint density at radius 3 is 1.16 bits per heavy atom. The first-order valence-corrected chi connectivity index (χ1v) is 17.4. The van der Waals surface area contributed by atoms with E-state index in [9.17, 15) is 19.2 Å². The average molecular weight is 759 g/mol. The van der Waals surface area contributed by atoms with Crippen molar-refractivity contribution in [3.8, 4) is 11.5 Å². The maximum Gasteiger partial charge on any atom is 1.00 e. The fraction of sp³-hybridized carbons (Fsp3) is 0.304. The number of esters is 1. The molecule has 0 atom stereocenters. The summed E-state index contributed by atoms with van der Waals surface area (Å²) in [6, 6.07) is 28.9. The van der Waals surface area contributed by atoms with Gasteiger partial charge in [-0.1, -0.05) is 103 Å². The molecule has 288 valence electrons. The second-order valence-electron chi connectivity index (χ2n) is 14.0. The third kappa shape index (κ3) is 18.5. The summed E-state index contributed by atoms with van der Waals surface area (Å²) in [4.78, 5) is 46.7. The van der Waals surface area contributed by atoms with Crippen molar-refractivity contribution in [1.82, 2.24) is 0 Å². The SMILES string of the molecule is C=CCOc1ccc(C(=O)CC(=O)c2ccc(C(C)(C)C)cc2)cc1.C=CCOc1ccc(C(C)=O)cc1.COC(=O)c1ccc(C(C)(C)C)cc1.C[O-].[Na+]. The van der Waals surface area contributed by atoms with Crippen molar-refractivity contribution in [2.24, 2.45) is 0 Å². The fourth-order valence-corrected chi connectivity index (χ4v) is 4.56. The summed E-state index contributed by atoms with van der Waals surface area (Å²) in [5, 5.41) is 8.25. The molecule has 9 heteroatoms. The van der Waals surface area contributed by atoms with Crippen molar-refractivity contribution in [2.45, 2.75) is 65.7 Å². The monoisotopic (exact) mass is 758 g/mol. The molecule has 0 spiro atoms. The first kappa shape index (κ1) is 50.4. The maximum absolute atomic E-state index is 12.3. The van der Waals surface area contributed by atoms with Crippen molar-refractivity contribution < 1.29 is 68.1 Å². The number of benzene rings is 4. The molecule has 55 heavy (non-hydrogen) atoms. The van der Waals surface area contributed by atoms with Gasteiger partial charge in [-0.2, -0.15) is 7.11 Å². The van der Waals surface area contributed by atoms with E-state index in [2.05, 4.69) is 59.4 Å². The minimum absolute atomic E-state index is 0. The van der Waals surface area contributed by atoms with Gasteiger partial charge in [0.2, 0.25) is 0 Å². The number of hydrogen-bond acceptors (Lipinski definition) is 8.